The summed E-state index contributed by atoms with van der Waals surface area (Å²) in [5.41, 5.74) is 4.31. The van der Waals surface area contributed by atoms with Gasteiger partial charge in [0, 0.05) is 30.2 Å². The number of aryl methyl sites for hydroxylation is 1. The molecule has 0 unspecified atom stereocenters. The van der Waals surface area contributed by atoms with Crippen LogP contribution in [0.3, 0.4) is 0 Å². The molecule has 90 valence electrons. The van der Waals surface area contributed by atoms with E-state index in [-0.39, 0.29) is 5.78 Å². The minimum absolute atomic E-state index is 0.233. The smallest absolute Gasteiger partial charge is 0.155 e. The van der Waals surface area contributed by atoms with Crippen molar-refractivity contribution in [2.45, 2.75) is 33.1 Å². The van der Waals surface area contributed by atoms with Crippen LogP contribution in [0.25, 0.3) is 0 Å². The molecule has 1 heterocycles. The zero-order valence-electron chi connectivity index (χ0n) is 10.5. The first-order valence-electron chi connectivity index (χ1n) is 5.83. The van der Waals surface area contributed by atoms with E-state index in [9.17, 15) is 4.79 Å². The number of methoxy groups -OCH3 is 1. The molecule has 2 rings (SSSR count). The minimum atomic E-state index is 0.233. The van der Waals surface area contributed by atoms with Gasteiger partial charge in [0.2, 0.25) is 0 Å². The molecule has 0 radical (unpaired) electrons. The number of nitrogens with zero attached hydrogens (tertiary/aromatic N) is 1. The SMILES string of the molecule is COc1c(C)cnc(CC2=CC(=O)CC2)c1C. The summed E-state index contributed by atoms with van der Waals surface area (Å²) in [6.45, 7) is 4.01. The van der Waals surface area contributed by atoms with Gasteiger partial charge in [0.05, 0.1) is 12.8 Å². The third-order valence-corrected chi connectivity index (χ3v) is 3.20. The van der Waals surface area contributed by atoms with Crippen LogP contribution >= 0.6 is 0 Å². The maximum absolute atomic E-state index is 11.2. The summed E-state index contributed by atoms with van der Waals surface area (Å²) in [5, 5.41) is 0. The molecule has 1 aliphatic carbocycles. The van der Waals surface area contributed by atoms with Gasteiger partial charge in [-0.1, -0.05) is 5.57 Å². The third-order valence-electron chi connectivity index (χ3n) is 3.20. The highest BCUT2D eigenvalue weighted by atomic mass is 16.5. The predicted octanol–water partition coefficient (Wildman–Crippen LogP) is 2.54. The maximum Gasteiger partial charge on any atom is 0.155 e. The molecule has 0 saturated heterocycles. The van der Waals surface area contributed by atoms with Gasteiger partial charge in [0.15, 0.2) is 5.78 Å². The van der Waals surface area contributed by atoms with E-state index in [1.54, 1.807) is 13.2 Å². The van der Waals surface area contributed by atoms with Gasteiger partial charge in [-0.25, -0.2) is 0 Å². The summed E-state index contributed by atoms with van der Waals surface area (Å²) < 4.78 is 5.38. The molecule has 0 N–H and O–H groups in total. The number of ketones is 1. The Hall–Kier alpha value is -1.64. The zero-order valence-corrected chi connectivity index (χ0v) is 10.5. The normalized spacial score (nSPS) is 15.0. The van der Waals surface area contributed by atoms with E-state index >= 15 is 0 Å². The molecule has 0 saturated carbocycles. The van der Waals surface area contributed by atoms with Crippen molar-refractivity contribution in [2.24, 2.45) is 0 Å². The largest absolute Gasteiger partial charge is 0.496 e. The Labute approximate surface area is 102 Å². The van der Waals surface area contributed by atoms with Crippen LogP contribution in [-0.2, 0) is 11.2 Å². The minimum Gasteiger partial charge on any atom is -0.496 e. The van der Waals surface area contributed by atoms with Gasteiger partial charge in [-0.2, -0.15) is 0 Å². The van der Waals surface area contributed by atoms with E-state index in [2.05, 4.69) is 4.98 Å². The van der Waals surface area contributed by atoms with Crippen LogP contribution < -0.4 is 4.74 Å². The molecule has 17 heavy (non-hydrogen) atoms. The average Bonchev–Trinajstić information content (AvgIpc) is 2.69. The molecule has 0 bridgehead atoms. The van der Waals surface area contributed by atoms with Crippen LogP contribution in [0, 0.1) is 13.8 Å². The Morgan fingerprint density at radius 2 is 2.12 bits per heavy atom. The lowest BCUT2D eigenvalue weighted by molar-refractivity contribution is -0.114. The van der Waals surface area contributed by atoms with Gasteiger partial charge >= 0.3 is 0 Å². The van der Waals surface area contributed by atoms with Crippen molar-refractivity contribution >= 4 is 5.78 Å². The average molecular weight is 231 g/mol. The Morgan fingerprint density at radius 1 is 1.35 bits per heavy atom. The highest BCUT2D eigenvalue weighted by Gasteiger charge is 2.15. The highest BCUT2D eigenvalue weighted by molar-refractivity contribution is 5.93. The molecule has 1 aromatic rings. The number of ether oxygens (including phenoxy) is 1. The van der Waals surface area contributed by atoms with Crippen molar-refractivity contribution in [1.82, 2.24) is 4.98 Å². The van der Waals surface area contributed by atoms with Crippen molar-refractivity contribution in [1.29, 1.82) is 0 Å². The lowest BCUT2D eigenvalue weighted by Crippen LogP contribution is -2.01. The van der Waals surface area contributed by atoms with Crippen molar-refractivity contribution in [3.8, 4) is 5.75 Å². The van der Waals surface area contributed by atoms with Crippen LogP contribution in [0.1, 0.15) is 29.7 Å². The summed E-state index contributed by atoms with van der Waals surface area (Å²) in [5.74, 6) is 1.14. The number of aromatic nitrogens is 1. The van der Waals surface area contributed by atoms with Gasteiger partial charge in [0.1, 0.15) is 5.75 Å². The van der Waals surface area contributed by atoms with Crippen LogP contribution in [0.15, 0.2) is 17.8 Å². The number of carbonyl (C=O) groups excluding carboxylic acids is 1. The number of allylic oxidation sites excluding steroid dienone is 2. The Balaban J connectivity index is 2.28. The summed E-state index contributed by atoms with van der Waals surface area (Å²) in [6, 6.07) is 0. The summed E-state index contributed by atoms with van der Waals surface area (Å²) in [6.07, 6.45) is 5.87. The Morgan fingerprint density at radius 3 is 2.71 bits per heavy atom. The molecule has 0 aliphatic heterocycles. The topological polar surface area (TPSA) is 39.2 Å². The van der Waals surface area contributed by atoms with Crippen molar-refractivity contribution < 1.29 is 9.53 Å². The van der Waals surface area contributed by atoms with Crippen LogP contribution in [0.4, 0.5) is 0 Å². The molecule has 0 aromatic carbocycles. The van der Waals surface area contributed by atoms with E-state index in [0.29, 0.717) is 6.42 Å². The molecular formula is C14H17NO2. The fraction of sp³-hybridized carbons (Fsp3) is 0.429. The number of carbonyl (C=O) groups is 1. The lowest BCUT2D eigenvalue weighted by atomic mass is 10.0. The summed E-state index contributed by atoms with van der Waals surface area (Å²) >= 11 is 0. The zero-order chi connectivity index (χ0) is 12.4. The second-order valence-electron chi connectivity index (χ2n) is 4.49. The molecule has 3 heteroatoms. The molecule has 0 spiro atoms. The lowest BCUT2D eigenvalue weighted by Gasteiger charge is -2.12. The fourth-order valence-electron chi connectivity index (χ4n) is 2.26. The first-order chi connectivity index (χ1) is 8.11. The second kappa shape index (κ2) is 4.70. The van der Waals surface area contributed by atoms with E-state index in [1.807, 2.05) is 20.0 Å². The molecule has 0 fully saturated rings. The molecule has 1 aliphatic rings. The fourth-order valence-corrected chi connectivity index (χ4v) is 2.26. The Kier molecular flexibility index (Phi) is 3.27. The first kappa shape index (κ1) is 11.8. The summed E-state index contributed by atoms with van der Waals surface area (Å²) in [7, 11) is 1.68. The van der Waals surface area contributed by atoms with E-state index < -0.39 is 0 Å². The predicted molar refractivity (Wildman–Crippen MR) is 66.3 cm³/mol. The maximum atomic E-state index is 11.2. The van der Waals surface area contributed by atoms with Crippen molar-refractivity contribution in [3.05, 3.63) is 34.7 Å². The number of hydrogen-bond acceptors (Lipinski definition) is 3. The highest BCUT2D eigenvalue weighted by Crippen LogP contribution is 2.27. The molecular weight excluding hydrogens is 214 g/mol. The number of rotatable bonds is 3. The van der Waals surface area contributed by atoms with Crippen molar-refractivity contribution in [3.63, 3.8) is 0 Å². The van der Waals surface area contributed by atoms with Crippen LogP contribution in [0.5, 0.6) is 5.75 Å². The van der Waals surface area contributed by atoms with Gasteiger partial charge in [-0.3, -0.25) is 9.78 Å². The quantitative estimate of drug-likeness (QED) is 0.802. The molecule has 3 nitrogen and oxygen atoms in total. The molecule has 0 atom stereocenters. The summed E-state index contributed by atoms with van der Waals surface area (Å²) in [4.78, 5) is 15.6. The van der Waals surface area contributed by atoms with Crippen molar-refractivity contribution in [2.75, 3.05) is 7.11 Å². The van der Waals surface area contributed by atoms with Gasteiger partial charge in [-0.05, 0) is 26.3 Å². The first-order valence-corrected chi connectivity index (χ1v) is 5.83. The molecule has 1 aromatic heterocycles. The Bertz CT molecular complexity index is 489. The second-order valence-corrected chi connectivity index (χ2v) is 4.49. The van der Waals surface area contributed by atoms with E-state index in [1.165, 1.54) is 5.57 Å². The van der Waals surface area contributed by atoms with Gasteiger partial charge in [0.25, 0.3) is 0 Å². The number of hydrogen-bond donors (Lipinski definition) is 0. The standard InChI is InChI=1S/C14H17NO2/c1-9-8-15-13(10(2)14(9)17-3)7-11-4-5-12(16)6-11/h6,8H,4-5,7H2,1-3H3. The van der Waals surface area contributed by atoms with Gasteiger partial charge < -0.3 is 4.74 Å². The van der Waals surface area contributed by atoms with Crippen LogP contribution in [-0.4, -0.2) is 17.9 Å². The van der Waals surface area contributed by atoms with Crippen LogP contribution in [0.2, 0.25) is 0 Å². The third kappa shape index (κ3) is 2.38. The number of pyridine rings is 1. The molecule has 0 amide bonds. The van der Waals surface area contributed by atoms with Gasteiger partial charge in [-0.15, -0.1) is 0 Å². The van der Waals surface area contributed by atoms with E-state index in [0.717, 1.165) is 35.4 Å². The monoisotopic (exact) mass is 231 g/mol. The van der Waals surface area contributed by atoms with E-state index in [4.69, 9.17) is 4.74 Å².